The van der Waals surface area contributed by atoms with Gasteiger partial charge in [0.25, 0.3) is 0 Å². The third-order valence-electron chi connectivity index (χ3n) is 2.17. The first kappa shape index (κ1) is 11.2. The number of ether oxygens (including phenoxy) is 2. The van der Waals surface area contributed by atoms with Crippen LogP contribution < -0.4 is 0 Å². The number of rotatable bonds is 4. The first-order valence-electron chi connectivity index (χ1n) is 4.83. The second-order valence-corrected chi connectivity index (χ2v) is 3.24. The maximum absolute atomic E-state index is 11.5. The lowest BCUT2D eigenvalue weighted by atomic mass is 10.4. The van der Waals surface area contributed by atoms with Crippen molar-refractivity contribution in [3.8, 4) is 0 Å². The molecule has 1 saturated heterocycles. The zero-order chi connectivity index (χ0) is 10.4. The average molecular weight is 199 g/mol. The molecular weight excluding hydrogens is 182 g/mol. The van der Waals surface area contributed by atoms with E-state index in [1.165, 1.54) is 0 Å². The molecule has 0 radical (unpaired) electrons. The van der Waals surface area contributed by atoms with Crippen LogP contribution in [-0.2, 0) is 14.3 Å². The van der Waals surface area contributed by atoms with E-state index in [-0.39, 0.29) is 18.6 Å². The highest BCUT2D eigenvalue weighted by molar-refractivity contribution is 5.77. The number of carbonyl (C=O) groups excluding carboxylic acids is 1. The number of morpholine rings is 1. The summed E-state index contributed by atoms with van der Waals surface area (Å²) in [6, 6.07) is 0. The minimum atomic E-state index is -0.0695. The Morgan fingerprint density at radius 1 is 1.64 bits per heavy atom. The van der Waals surface area contributed by atoms with E-state index in [1.54, 1.807) is 11.0 Å². The van der Waals surface area contributed by atoms with Crippen molar-refractivity contribution in [2.45, 2.75) is 13.0 Å². The van der Waals surface area contributed by atoms with Crippen molar-refractivity contribution in [2.75, 3.05) is 32.9 Å². The predicted octanol–water partition coefficient (Wildman–Crippen LogP) is 0.436. The van der Waals surface area contributed by atoms with Gasteiger partial charge in [-0.05, 0) is 6.92 Å². The Bertz CT molecular complexity index is 200. The summed E-state index contributed by atoms with van der Waals surface area (Å²) < 4.78 is 10.4. The second kappa shape index (κ2) is 5.78. The van der Waals surface area contributed by atoms with Crippen LogP contribution in [-0.4, -0.2) is 49.8 Å². The fourth-order valence-electron chi connectivity index (χ4n) is 1.17. The third kappa shape index (κ3) is 3.47. The number of amides is 1. The summed E-state index contributed by atoms with van der Waals surface area (Å²) in [6.07, 6.45) is 1.60. The number of carbonyl (C=O) groups is 1. The van der Waals surface area contributed by atoms with Gasteiger partial charge in [0.2, 0.25) is 5.91 Å². The van der Waals surface area contributed by atoms with Crippen LogP contribution in [0.25, 0.3) is 0 Å². The molecule has 0 aromatic rings. The molecule has 1 atom stereocenters. The van der Waals surface area contributed by atoms with Crippen molar-refractivity contribution in [3.63, 3.8) is 0 Å². The molecule has 0 aromatic carbocycles. The Morgan fingerprint density at radius 2 is 2.29 bits per heavy atom. The minimum Gasteiger partial charge on any atom is -0.378 e. The minimum absolute atomic E-state index is 0.0296. The van der Waals surface area contributed by atoms with E-state index in [9.17, 15) is 4.79 Å². The van der Waals surface area contributed by atoms with Crippen LogP contribution in [0, 0.1) is 0 Å². The van der Waals surface area contributed by atoms with E-state index in [2.05, 4.69) is 6.58 Å². The molecule has 0 aliphatic carbocycles. The lowest BCUT2D eigenvalue weighted by Gasteiger charge is -2.27. The zero-order valence-corrected chi connectivity index (χ0v) is 8.57. The van der Waals surface area contributed by atoms with Gasteiger partial charge >= 0.3 is 0 Å². The Kier molecular flexibility index (Phi) is 4.62. The fourth-order valence-corrected chi connectivity index (χ4v) is 1.17. The van der Waals surface area contributed by atoms with E-state index in [0.29, 0.717) is 26.3 Å². The van der Waals surface area contributed by atoms with Gasteiger partial charge in [-0.3, -0.25) is 4.79 Å². The Hall–Kier alpha value is -0.870. The quantitative estimate of drug-likeness (QED) is 0.616. The molecule has 0 bridgehead atoms. The molecule has 1 aliphatic rings. The van der Waals surface area contributed by atoms with E-state index >= 15 is 0 Å². The molecule has 4 nitrogen and oxygen atoms in total. The van der Waals surface area contributed by atoms with E-state index < -0.39 is 0 Å². The van der Waals surface area contributed by atoms with Crippen molar-refractivity contribution in [2.24, 2.45) is 0 Å². The first-order valence-corrected chi connectivity index (χ1v) is 4.83. The van der Waals surface area contributed by atoms with E-state index in [0.717, 1.165) is 0 Å². The highest BCUT2D eigenvalue weighted by Gasteiger charge is 2.16. The summed E-state index contributed by atoms with van der Waals surface area (Å²) in [5, 5.41) is 0. The van der Waals surface area contributed by atoms with Crippen LogP contribution in [0.1, 0.15) is 6.92 Å². The Balaban J connectivity index is 2.22. The van der Waals surface area contributed by atoms with Gasteiger partial charge in [0.05, 0.1) is 19.3 Å². The Labute approximate surface area is 84.5 Å². The molecule has 0 spiro atoms. The van der Waals surface area contributed by atoms with Crippen LogP contribution in [0.5, 0.6) is 0 Å². The second-order valence-electron chi connectivity index (χ2n) is 3.24. The van der Waals surface area contributed by atoms with Gasteiger partial charge in [-0.2, -0.15) is 0 Å². The van der Waals surface area contributed by atoms with Gasteiger partial charge in [0, 0.05) is 13.1 Å². The van der Waals surface area contributed by atoms with Gasteiger partial charge in [-0.1, -0.05) is 6.08 Å². The molecule has 14 heavy (non-hydrogen) atoms. The van der Waals surface area contributed by atoms with Gasteiger partial charge < -0.3 is 14.4 Å². The molecule has 0 unspecified atom stereocenters. The molecule has 0 aromatic heterocycles. The molecule has 4 heteroatoms. The van der Waals surface area contributed by atoms with Crippen molar-refractivity contribution in [1.29, 1.82) is 0 Å². The molecule has 1 aliphatic heterocycles. The molecule has 80 valence electrons. The van der Waals surface area contributed by atoms with Crippen molar-refractivity contribution in [3.05, 3.63) is 12.7 Å². The van der Waals surface area contributed by atoms with Crippen LogP contribution in [0.2, 0.25) is 0 Å². The number of hydrogen-bond donors (Lipinski definition) is 0. The summed E-state index contributed by atoms with van der Waals surface area (Å²) >= 11 is 0. The largest absolute Gasteiger partial charge is 0.378 e. The zero-order valence-electron chi connectivity index (χ0n) is 8.57. The summed E-state index contributed by atoms with van der Waals surface area (Å²) in [7, 11) is 0. The predicted molar refractivity (Wildman–Crippen MR) is 53.0 cm³/mol. The summed E-state index contributed by atoms with van der Waals surface area (Å²) in [5.41, 5.74) is 0. The summed E-state index contributed by atoms with van der Waals surface area (Å²) in [5.74, 6) is 0.0296. The lowest BCUT2D eigenvalue weighted by molar-refractivity contribution is -0.141. The highest BCUT2D eigenvalue weighted by Crippen LogP contribution is 1.99. The molecule has 1 fully saturated rings. The third-order valence-corrected chi connectivity index (χ3v) is 2.17. The van der Waals surface area contributed by atoms with Crippen molar-refractivity contribution >= 4 is 5.91 Å². The fraction of sp³-hybridized carbons (Fsp3) is 0.700. The molecule has 0 saturated carbocycles. The van der Waals surface area contributed by atoms with E-state index in [4.69, 9.17) is 9.47 Å². The average Bonchev–Trinajstić information content (AvgIpc) is 2.26. The van der Waals surface area contributed by atoms with Crippen LogP contribution in [0.15, 0.2) is 12.7 Å². The molecular formula is C10H17NO3. The SMILES string of the molecule is C=C[C@@H](C)OCC(=O)N1CCOCC1. The van der Waals surface area contributed by atoms with Gasteiger partial charge in [0.15, 0.2) is 0 Å². The highest BCUT2D eigenvalue weighted by atomic mass is 16.5. The monoisotopic (exact) mass is 199 g/mol. The van der Waals surface area contributed by atoms with Crippen LogP contribution >= 0.6 is 0 Å². The maximum Gasteiger partial charge on any atom is 0.248 e. The number of nitrogens with zero attached hydrogens (tertiary/aromatic N) is 1. The van der Waals surface area contributed by atoms with Crippen LogP contribution in [0.3, 0.4) is 0 Å². The smallest absolute Gasteiger partial charge is 0.248 e. The maximum atomic E-state index is 11.5. The summed E-state index contributed by atoms with van der Waals surface area (Å²) in [6.45, 7) is 8.17. The standard InChI is InChI=1S/C10H17NO3/c1-3-9(2)14-8-10(12)11-4-6-13-7-5-11/h3,9H,1,4-8H2,2H3/t9-/m1/s1. The lowest BCUT2D eigenvalue weighted by Crippen LogP contribution is -2.42. The van der Waals surface area contributed by atoms with Crippen molar-refractivity contribution < 1.29 is 14.3 Å². The summed E-state index contributed by atoms with van der Waals surface area (Å²) in [4.78, 5) is 13.3. The van der Waals surface area contributed by atoms with E-state index in [1.807, 2.05) is 6.92 Å². The van der Waals surface area contributed by atoms with Gasteiger partial charge in [-0.15, -0.1) is 6.58 Å². The molecule has 1 heterocycles. The molecule has 1 rings (SSSR count). The van der Waals surface area contributed by atoms with Gasteiger partial charge in [-0.25, -0.2) is 0 Å². The Morgan fingerprint density at radius 3 is 2.86 bits per heavy atom. The normalized spacial score (nSPS) is 19.1. The molecule has 1 amide bonds. The van der Waals surface area contributed by atoms with Gasteiger partial charge in [0.1, 0.15) is 6.61 Å². The van der Waals surface area contributed by atoms with Crippen molar-refractivity contribution in [1.82, 2.24) is 4.90 Å². The topological polar surface area (TPSA) is 38.8 Å². The molecule has 0 N–H and O–H groups in total. The first-order chi connectivity index (χ1) is 6.74. The number of hydrogen-bond acceptors (Lipinski definition) is 3. The van der Waals surface area contributed by atoms with Crippen LogP contribution in [0.4, 0.5) is 0 Å².